The van der Waals surface area contributed by atoms with E-state index in [-0.39, 0.29) is 18.3 Å². The molecule has 7 nitrogen and oxygen atoms in total. The molecule has 1 unspecified atom stereocenters. The lowest BCUT2D eigenvalue weighted by atomic mass is 10.1. The average Bonchev–Trinajstić information content (AvgIpc) is 3.15. The molecule has 3 aromatic rings. The summed E-state index contributed by atoms with van der Waals surface area (Å²) in [5.41, 5.74) is 2.69. The van der Waals surface area contributed by atoms with Crippen LogP contribution in [0.3, 0.4) is 0 Å². The van der Waals surface area contributed by atoms with Crippen molar-refractivity contribution in [1.82, 2.24) is 9.78 Å². The number of benzene rings is 2. The highest BCUT2D eigenvalue weighted by molar-refractivity contribution is 5.93. The van der Waals surface area contributed by atoms with Crippen LogP contribution >= 0.6 is 0 Å². The van der Waals surface area contributed by atoms with Crippen molar-refractivity contribution in [3.8, 4) is 22.8 Å². The molecule has 0 aliphatic carbocycles. The number of nitrogens with one attached hydrogen (secondary N) is 1. The summed E-state index contributed by atoms with van der Waals surface area (Å²) in [5, 5.41) is 7.22. The highest BCUT2D eigenvalue weighted by atomic mass is 16.7. The van der Waals surface area contributed by atoms with E-state index >= 15 is 0 Å². The summed E-state index contributed by atoms with van der Waals surface area (Å²) in [6.07, 6.45) is 0. The molecule has 142 valence electrons. The standard InChI is InChI=1S/C21H19N3O4/c1-13-4-3-5-16(10-13)22-21(26)14(2)24-20(25)9-7-17(23-24)15-6-8-18-19(11-15)28-12-27-18/h3-11,14H,12H2,1-2H3,(H,22,26). The predicted octanol–water partition coefficient (Wildman–Crippen LogP) is 3.15. The third kappa shape index (κ3) is 3.46. The molecule has 28 heavy (non-hydrogen) atoms. The molecule has 1 atom stereocenters. The molecule has 2 aromatic carbocycles. The van der Waals surface area contributed by atoms with Crippen molar-refractivity contribution >= 4 is 11.6 Å². The minimum absolute atomic E-state index is 0.182. The van der Waals surface area contributed by atoms with Crippen LogP contribution in [-0.4, -0.2) is 22.5 Å². The first-order valence-corrected chi connectivity index (χ1v) is 8.89. The summed E-state index contributed by atoms with van der Waals surface area (Å²) < 4.78 is 11.9. The predicted molar refractivity (Wildman–Crippen MR) is 105 cm³/mol. The second-order valence-electron chi connectivity index (χ2n) is 6.60. The zero-order chi connectivity index (χ0) is 19.7. The molecule has 1 aliphatic heterocycles. The Bertz CT molecular complexity index is 1110. The molecule has 4 rings (SSSR count). The molecule has 1 amide bonds. The van der Waals surface area contributed by atoms with Crippen molar-refractivity contribution in [2.45, 2.75) is 19.9 Å². The second kappa shape index (κ2) is 7.19. The molecular weight excluding hydrogens is 358 g/mol. The van der Waals surface area contributed by atoms with E-state index in [1.54, 1.807) is 31.2 Å². The van der Waals surface area contributed by atoms with E-state index in [9.17, 15) is 9.59 Å². The zero-order valence-corrected chi connectivity index (χ0v) is 15.5. The Morgan fingerprint density at radius 3 is 2.75 bits per heavy atom. The average molecular weight is 377 g/mol. The van der Waals surface area contributed by atoms with Gasteiger partial charge in [-0.2, -0.15) is 5.10 Å². The van der Waals surface area contributed by atoms with Crippen LogP contribution in [0.4, 0.5) is 5.69 Å². The van der Waals surface area contributed by atoms with Crippen LogP contribution in [0.5, 0.6) is 11.5 Å². The third-order valence-corrected chi connectivity index (χ3v) is 4.53. The Balaban J connectivity index is 1.61. The Labute approximate surface area is 161 Å². The van der Waals surface area contributed by atoms with Gasteiger partial charge in [0.25, 0.3) is 5.56 Å². The van der Waals surface area contributed by atoms with E-state index in [1.165, 1.54) is 10.7 Å². The van der Waals surface area contributed by atoms with Crippen LogP contribution in [-0.2, 0) is 4.79 Å². The zero-order valence-electron chi connectivity index (χ0n) is 15.5. The van der Waals surface area contributed by atoms with Crippen LogP contribution in [0.25, 0.3) is 11.3 Å². The van der Waals surface area contributed by atoms with Crippen LogP contribution in [0.2, 0.25) is 0 Å². The van der Waals surface area contributed by atoms with Gasteiger partial charge < -0.3 is 14.8 Å². The number of ether oxygens (including phenoxy) is 2. The lowest BCUT2D eigenvalue weighted by Crippen LogP contribution is -2.33. The fourth-order valence-corrected chi connectivity index (χ4v) is 2.99. The molecule has 1 aromatic heterocycles. The summed E-state index contributed by atoms with van der Waals surface area (Å²) in [6, 6.07) is 15.2. The van der Waals surface area contributed by atoms with Gasteiger partial charge in [0.2, 0.25) is 12.7 Å². The number of nitrogens with zero attached hydrogens (tertiary/aromatic N) is 2. The Kier molecular flexibility index (Phi) is 4.57. The monoisotopic (exact) mass is 377 g/mol. The van der Waals surface area contributed by atoms with Gasteiger partial charge in [0.15, 0.2) is 11.5 Å². The molecule has 0 radical (unpaired) electrons. The minimum Gasteiger partial charge on any atom is -0.454 e. The van der Waals surface area contributed by atoms with E-state index in [2.05, 4.69) is 10.4 Å². The van der Waals surface area contributed by atoms with Gasteiger partial charge in [-0.3, -0.25) is 9.59 Å². The maximum Gasteiger partial charge on any atom is 0.267 e. The lowest BCUT2D eigenvalue weighted by Gasteiger charge is -2.15. The fraction of sp³-hybridized carbons (Fsp3) is 0.190. The molecule has 0 saturated carbocycles. The summed E-state index contributed by atoms with van der Waals surface area (Å²) in [4.78, 5) is 24.9. The number of rotatable bonds is 4. The number of carbonyl (C=O) groups is 1. The quantitative estimate of drug-likeness (QED) is 0.755. The first-order valence-electron chi connectivity index (χ1n) is 8.89. The highest BCUT2D eigenvalue weighted by Gasteiger charge is 2.19. The molecule has 2 heterocycles. The fourth-order valence-electron chi connectivity index (χ4n) is 2.99. The van der Waals surface area contributed by atoms with Gasteiger partial charge in [-0.15, -0.1) is 0 Å². The van der Waals surface area contributed by atoms with E-state index in [0.717, 1.165) is 11.1 Å². The molecule has 0 saturated heterocycles. The number of amides is 1. The van der Waals surface area contributed by atoms with Crippen LogP contribution in [0.1, 0.15) is 18.5 Å². The summed E-state index contributed by atoms with van der Waals surface area (Å²) >= 11 is 0. The smallest absolute Gasteiger partial charge is 0.267 e. The number of hydrogen-bond donors (Lipinski definition) is 1. The molecule has 0 bridgehead atoms. The van der Waals surface area contributed by atoms with E-state index < -0.39 is 6.04 Å². The van der Waals surface area contributed by atoms with Crippen LogP contribution < -0.4 is 20.3 Å². The SMILES string of the molecule is Cc1cccc(NC(=O)C(C)n2nc(-c3ccc4c(c3)OCO4)ccc2=O)c1. The van der Waals surface area contributed by atoms with Gasteiger partial charge in [-0.05, 0) is 55.8 Å². The van der Waals surface area contributed by atoms with Crippen molar-refractivity contribution in [1.29, 1.82) is 0 Å². The van der Waals surface area contributed by atoms with E-state index in [0.29, 0.717) is 22.9 Å². The van der Waals surface area contributed by atoms with Crippen LogP contribution in [0, 0.1) is 6.92 Å². The van der Waals surface area contributed by atoms with Gasteiger partial charge in [-0.25, -0.2) is 4.68 Å². The first-order chi connectivity index (χ1) is 13.5. The lowest BCUT2D eigenvalue weighted by molar-refractivity contribution is -0.119. The number of anilines is 1. The number of fused-ring (bicyclic) bond motifs is 1. The number of hydrogen-bond acceptors (Lipinski definition) is 5. The Hall–Kier alpha value is -3.61. The van der Waals surface area contributed by atoms with E-state index in [1.807, 2.05) is 31.2 Å². The van der Waals surface area contributed by atoms with Crippen LogP contribution in [0.15, 0.2) is 59.4 Å². The van der Waals surface area contributed by atoms with Crippen molar-refractivity contribution < 1.29 is 14.3 Å². The van der Waals surface area contributed by atoms with Crippen molar-refractivity contribution in [3.63, 3.8) is 0 Å². The molecule has 0 fully saturated rings. The third-order valence-electron chi connectivity index (χ3n) is 4.53. The van der Waals surface area contributed by atoms with Gasteiger partial charge in [0, 0.05) is 17.3 Å². The first kappa shape index (κ1) is 17.8. The van der Waals surface area contributed by atoms with Gasteiger partial charge >= 0.3 is 0 Å². The Morgan fingerprint density at radius 1 is 1.11 bits per heavy atom. The van der Waals surface area contributed by atoms with Gasteiger partial charge in [0.1, 0.15) is 6.04 Å². The topological polar surface area (TPSA) is 82.5 Å². The largest absolute Gasteiger partial charge is 0.454 e. The van der Waals surface area contributed by atoms with Gasteiger partial charge in [-0.1, -0.05) is 12.1 Å². The molecular formula is C21H19N3O4. The summed E-state index contributed by atoms with van der Waals surface area (Å²) in [7, 11) is 0. The summed E-state index contributed by atoms with van der Waals surface area (Å²) in [6.45, 7) is 3.77. The van der Waals surface area contributed by atoms with Crippen molar-refractivity contribution in [2.75, 3.05) is 12.1 Å². The minimum atomic E-state index is -0.776. The molecule has 1 aliphatic rings. The highest BCUT2D eigenvalue weighted by Crippen LogP contribution is 2.35. The molecule has 1 N–H and O–H groups in total. The number of aromatic nitrogens is 2. The van der Waals surface area contributed by atoms with Crippen molar-refractivity contribution in [3.05, 3.63) is 70.5 Å². The maximum absolute atomic E-state index is 12.6. The number of aryl methyl sites for hydroxylation is 1. The summed E-state index contributed by atoms with van der Waals surface area (Å²) in [5.74, 6) is 0.980. The number of carbonyl (C=O) groups excluding carboxylic acids is 1. The molecule has 7 heteroatoms. The second-order valence-corrected chi connectivity index (χ2v) is 6.60. The Morgan fingerprint density at radius 2 is 1.93 bits per heavy atom. The normalized spacial score (nSPS) is 13.2. The molecule has 0 spiro atoms. The van der Waals surface area contributed by atoms with Crippen molar-refractivity contribution in [2.24, 2.45) is 0 Å². The van der Waals surface area contributed by atoms with Gasteiger partial charge in [0.05, 0.1) is 5.69 Å². The maximum atomic E-state index is 12.6. The van der Waals surface area contributed by atoms with E-state index in [4.69, 9.17) is 9.47 Å².